The van der Waals surface area contributed by atoms with Crippen LogP contribution in [0.4, 0.5) is 0 Å². The lowest BCUT2D eigenvalue weighted by molar-refractivity contribution is -0.139. The predicted octanol–water partition coefficient (Wildman–Crippen LogP) is 3.82. The van der Waals surface area contributed by atoms with Crippen molar-refractivity contribution < 1.29 is 14.3 Å². The molecular weight excluding hydrogens is 351 g/mol. The first-order valence-corrected chi connectivity index (χ1v) is 7.78. The van der Waals surface area contributed by atoms with Crippen LogP contribution in [-0.4, -0.2) is 28.8 Å². The summed E-state index contributed by atoms with van der Waals surface area (Å²) in [5, 5.41) is 1.64. The van der Waals surface area contributed by atoms with Gasteiger partial charge in [-0.1, -0.05) is 23.2 Å². The third-order valence-corrected chi connectivity index (χ3v) is 4.06. The fraction of sp³-hybridized carbons (Fsp3) is 0.118. The molecule has 0 saturated heterocycles. The predicted molar refractivity (Wildman–Crippen MR) is 91.7 cm³/mol. The van der Waals surface area contributed by atoms with E-state index in [1.807, 2.05) is 0 Å². The molecule has 0 spiro atoms. The maximum Gasteiger partial charge on any atom is 0.310 e. The summed E-state index contributed by atoms with van der Waals surface area (Å²) in [5.41, 5.74) is 1.74. The average Bonchev–Trinajstić information content (AvgIpc) is 2.92. The minimum atomic E-state index is -0.450. The summed E-state index contributed by atoms with van der Waals surface area (Å²) in [5.74, 6) is -0.785. The Morgan fingerprint density at radius 3 is 2.58 bits per heavy atom. The van der Waals surface area contributed by atoms with Crippen LogP contribution in [0.2, 0.25) is 10.0 Å². The van der Waals surface area contributed by atoms with Gasteiger partial charge in [0.05, 0.1) is 24.2 Å². The molecule has 1 N–H and O–H groups in total. The number of aromatic nitrogens is 2. The number of halogens is 2. The average molecular weight is 363 g/mol. The van der Waals surface area contributed by atoms with Gasteiger partial charge in [-0.2, -0.15) is 0 Å². The van der Waals surface area contributed by atoms with E-state index in [-0.39, 0.29) is 23.6 Å². The molecule has 3 aromatic rings. The zero-order valence-electron chi connectivity index (χ0n) is 12.6. The Hall–Kier alpha value is -2.37. The van der Waals surface area contributed by atoms with Gasteiger partial charge in [0.15, 0.2) is 0 Å². The second-order valence-electron chi connectivity index (χ2n) is 5.11. The normalized spacial score (nSPS) is 10.8. The van der Waals surface area contributed by atoms with Gasteiger partial charge in [0.2, 0.25) is 5.78 Å². The lowest BCUT2D eigenvalue weighted by atomic mass is 10.0. The second-order valence-corrected chi connectivity index (χ2v) is 5.99. The Kier molecular flexibility index (Phi) is 4.55. The number of carbonyl (C=O) groups excluding carboxylic acids is 2. The van der Waals surface area contributed by atoms with Gasteiger partial charge < -0.3 is 9.72 Å². The lowest BCUT2D eigenvalue weighted by Crippen LogP contribution is -2.11. The Labute approximate surface area is 147 Å². The number of hydrogen-bond donors (Lipinski definition) is 1. The molecule has 0 aliphatic heterocycles. The highest BCUT2D eigenvalue weighted by molar-refractivity contribution is 6.31. The van der Waals surface area contributed by atoms with E-state index in [0.717, 1.165) is 0 Å². The Morgan fingerprint density at radius 1 is 1.17 bits per heavy atom. The smallest absolute Gasteiger partial charge is 0.310 e. The van der Waals surface area contributed by atoms with Crippen LogP contribution < -0.4 is 0 Å². The Morgan fingerprint density at radius 2 is 1.92 bits per heavy atom. The number of H-pyrrole nitrogens is 1. The topological polar surface area (TPSA) is 72.1 Å². The number of ether oxygens (including phenoxy) is 1. The molecule has 1 aromatic carbocycles. The van der Waals surface area contributed by atoms with Gasteiger partial charge >= 0.3 is 5.97 Å². The number of fused-ring (bicyclic) bond motifs is 1. The van der Waals surface area contributed by atoms with Crippen molar-refractivity contribution in [3.63, 3.8) is 0 Å². The van der Waals surface area contributed by atoms with Gasteiger partial charge in [-0.15, -0.1) is 0 Å². The molecule has 0 unspecified atom stereocenters. The summed E-state index contributed by atoms with van der Waals surface area (Å²) >= 11 is 11.8. The second kappa shape index (κ2) is 6.63. The van der Waals surface area contributed by atoms with Crippen LogP contribution >= 0.6 is 23.2 Å². The summed E-state index contributed by atoms with van der Waals surface area (Å²) < 4.78 is 4.73. The highest BCUT2D eigenvalue weighted by Crippen LogP contribution is 2.28. The van der Waals surface area contributed by atoms with Crippen molar-refractivity contribution in [1.82, 2.24) is 9.97 Å². The number of hydrogen-bond acceptors (Lipinski definition) is 4. The molecule has 5 nitrogen and oxygen atoms in total. The zero-order valence-corrected chi connectivity index (χ0v) is 14.1. The number of rotatable bonds is 4. The summed E-state index contributed by atoms with van der Waals surface area (Å²) in [6.45, 7) is 0. The SMILES string of the molecule is COC(=O)Cc1c(C(=O)c2ccc(Cl)cn2)[nH]c2ccc(Cl)cc12. The molecule has 0 amide bonds. The zero-order chi connectivity index (χ0) is 17.3. The number of nitrogens with zero attached hydrogens (tertiary/aromatic N) is 1. The number of pyridine rings is 1. The molecule has 0 aliphatic rings. The van der Waals surface area contributed by atoms with Crippen molar-refractivity contribution in [3.8, 4) is 0 Å². The number of benzene rings is 1. The number of esters is 1. The van der Waals surface area contributed by atoms with Crippen LogP contribution in [-0.2, 0) is 16.0 Å². The van der Waals surface area contributed by atoms with Crippen LogP contribution in [0.3, 0.4) is 0 Å². The quantitative estimate of drug-likeness (QED) is 0.565. The maximum atomic E-state index is 12.8. The van der Waals surface area contributed by atoms with E-state index < -0.39 is 5.97 Å². The standard InChI is InChI=1S/C17H12Cl2N2O3/c1-24-15(22)7-12-11-6-9(18)2-4-13(11)21-16(12)17(23)14-5-3-10(19)8-20-14/h2-6,8,21H,7H2,1H3. The van der Waals surface area contributed by atoms with Gasteiger partial charge in [-0.05, 0) is 30.3 Å². The van der Waals surface area contributed by atoms with Gasteiger partial charge in [-0.3, -0.25) is 14.6 Å². The maximum absolute atomic E-state index is 12.8. The van der Waals surface area contributed by atoms with Crippen molar-refractivity contribution >= 4 is 45.9 Å². The monoisotopic (exact) mass is 362 g/mol. The minimum Gasteiger partial charge on any atom is -0.469 e. The van der Waals surface area contributed by atoms with Crippen molar-refractivity contribution in [2.75, 3.05) is 7.11 Å². The molecule has 0 atom stereocenters. The number of methoxy groups -OCH3 is 1. The number of nitrogens with one attached hydrogen (secondary N) is 1. The summed E-state index contributed by atoms with van der Waals surface area (Å²) in [6, 6.07) is 8.28. The van der Waals surface area contributed by atoms with Crippen LogP contribution in [0.15, 0.2) is 36.5 Å². The van der Waals surface area contributed by atoms with Crippen molar-refractivity contribution in [2.24, 2.45) is 0 Å². The van der Waals surface area contributed by atoms with E-state index >= 15 is 0 Å². The number of aromatic amines is 1. The molecule has 0 saturated carbocycles. The van der Waals surface area contributed by atoms with Crippen molar-refractivity contribution in [1.29, 1.82) is 0 Å². The van der Waals surface area contributed by atoms with Gasteiger partial charge in [-0.25, -0.2) is 0 Å². The summed E-state index contributed by atoms with van der Waals surface area (Å²) in [4.78, 5) is 31.6. The molecule has 3 rings (SSSR count). The van der Waals surface area contributed by atoms with Crippen LogP contribution in [0.1, 0.15) is 21.7 Å². The summed E-state index contributed by atoms with van der Waals surface area (Å²) in [6.07, 6.45) is 1.35. The fourth-order valence-corrected chi connectivity index (χ4v) is 2.74. The summed E-state index contributed by atoms with van der Waals surface area (Å²) in [7, 11) is 1.30. The Bertz CT molecular complexity index is 933. The molecule has 2 aromatic heterocycles. The van der Waals surface area contributed by atoms with Crippen molar-refractivity contribution in [2.45, 2.75) is 6.42 Å². The van der Waals surface area contributed by atoms with Crippen LogP contribution in [0, 0.1) is 0 Å². The third kappa shape index (κ3) is 3.13. The first kappa shape index (κ1) is 16.5. The number of carbonyl (C=O) groups is 2. The molecule has 24 heavy (non-hydrogen) atoms. The van der Waals surface area contributed by atoms with E-state index in [9.17, 15) is 9.59 Å². The first-order chi connectivity index (χ1) is 11.5. The van der Waals surface area contributed by atoms with Crippen LogP contribution in [0.5, 0.6) is 0 Å². The van der Waals surface area contributed by atoms with E-state index in [4.69, 9.17) is 27.9 Å². The van der Waals surface area contributed by atoms with Crippen LogP contribution in [0.25, 0.3) is 10.9 Å². The molecule has 0 aliphatic carbocycles. The third-order valence-electron chi connectivity index (χ3n) is 3.60. The Balaban J connectivity index is 2.15. The molecule has 0 radical (unpaired) electrons. The molecule has 122 valence electrons. The fourth-order valence-electron chi connectivity index (χ4n) is 2.45. The molecule has 2 heterocycles. The first-order valence-electron chi connectivity index (χ1n) is 7.02. The molecule has 7 heteroatoms. The van der Waals surface area contributed by atoms with Gasteiger partial charge in [0.1, 0.15) is 5.69 Å². The van der Waals surface area contributed by atoms with Crippen molar-refractivity contribution in [3.05, 3.63) is 63.5 Å². The molecule has 0 fully saturated rings. The van der Waals surface area contributed by atoms with E-state index in [1.54, 1.807) is 24.3 Å². The van der Waals surface area contributed by atoms with E-state index in [2.05, 4.69) is 9.97 Å². The van der Waals surface area contributed by atoms with Gasteiger partial charge in [0, 0.05) is 27.7 Å². The largest absolute Gasteiger partial charge is 0.469 e. The molecule has 0 bridgehead atoms. The van der Waals surface area contributed by atoms with Gasteiger partial charge in [0.25, 0.3) is 0 Å². The van der Waals surface area contributed by atoms with E-state index in [1.165, 1.54) is 19.4 Å². The number of ketones is 1. The minimum absolute atomic E-state index is 0.0501. The highest BCUT2D eigenvalue weighted by atomic mass is 35.5. The highest BCUT2D eigenvalue weighted by Gasteiger charge is 2.22. The van der Waals surface area contributed by atoms with E-state index in [0.29, 0.717) is 26.5 Å². The lowest BCUT2D eigenvalue weighted by Gasteiger charge is -2.04. The molecular formula is C17H12Cl2N2O3.